The molecule has 2 fully saturated rings. The highest BCUT2D eigenvalue weighted by Crippen LogP contribution is 2.59. The van der Waals surface area contributed by atoms with Gasteiger partial charge in [0.25, 0.3) is 0 Å². The van der Waals surface area contributed by atoms with Crippen LogP contribution in [0.25, 0.3) is 0 Å². The van der Waals surface area contributed by atoms with Gasteiger partial charge < -0.3 is 10.8 Å². The molecule has 4 unspecified atom stereocenters. The molecule has 2 nitrogen and oxygen atoms in total. The first-order valence-electron chi connectivity index (χ1n) is 5.21. The highest BCUT2D eigenvalue weighted by molar-refractivity contribution is 5.34. The fraction of sp³-hybridized carbons (Fsp3) is 0.818. The predicted molar refractivity (Wildman–Crippen MR) is 51.1 cm³/mol. The topological polar surface area (TPSA) is 46.2 Å². The normalized spacial score (nSPS) is 58.2. The van der Waals surface area contributed by atoms with Gasteiger partial charge in [-0.3, -0.25) is 0 Å². The summed E-state index contributed by atoms with van der Waals surface area (Å²) in [7, 11) is 0. The largest absolute Gasteiger partial charge is 0.389 e. The van der Waals surface area contributed by atoms with Crippen LogP contribution in [0.5, 0.6) is 0 Å². The van der Waals surface area contributed by atoms with Gasteiger partial charge in [0.1, 0.15) is 0 Å². The van der Waals surface area contributed by atoms with E-state index in [0.29, 0.717) is 11.8 Å². The van der Waals surface area contributed by atoms with Gasteiger partial charge in [-0.25, -0.2) is 0 Å². The Morgan fingerprint density at radius 2 is 2.31 bits per heavy atom. The van der Waals surface area contributed by atoms with Crippen molar-refractivity contribution in [2.45, 2.75) is 43.7 Å². The molecule has 13 heavy (non-hydrogen) atoms. The minimum atomic E-state index is -0.326. The Bertz CT molecular complexity index is 294. The molecule has 3 aliphatic carbocycles. The number of hydrogen-bond acceptors (Lipinski definition) is 2. The van der Waals surface area contributed by atoms with E-state index in [9.17, 15) is 5.11 Å². The molecule has 2 bridgehead atoms. The van der Waals surface area contributed by atoms with E-state index in [-0.39, 0.29) is 11.1 Å². The van der Waals surface area contributed by atoms with E-state index in [1.54, 1.807) is 0 Å². The van der Waals surface area contributed by atoms with Crippen molar-refractivity contribution in [1.82, 2.24) is 0 Å². The third-order valence-electron chi connectivity index (χ3n) is 4.06. The number of fused-ring (bicyclic) bond motifs is 1. The number of aliphatic hydroxyl groups is 1. The van der Waals surface area contributed by atoms with Crippen molar-refractivity contribution in [2.75, 3.05) is 0 Å². The third-order valence-corrected chi connectivity index (χ3v) is 4.06. The van der Waals surface area contributed by atoms with Gasteiger partial charge in [0.15, 0.2) is 0 Å². The molecule has 3 N–H and O–H groups in total. The lowest BCUT2D eigenvalue weighted by Crippen LogP contribution is -2.48. The minimum Gasteiger partial charge on any atom is -0.389 e. The maximum atomic E-state index is 10.1. The second kappa shape index (κ2) is 2.01. The Labute approximate surface area is 78.8 Å². The lowest BCUT2D eigenvalue weighted by atomic mass is 9.66. The van der Waals surface area contributed by atoms with Gasteiger partial charge in [0.2, 0.25) is 0 Å². The maximum absolute atomic E-state index is 10.1. The molecular formula is C11H17NO. The van der Waals surface area contributed by atoms with Crippen LogP contribution >= 0.6 is 0 Å². The van der Waals surface area contributed by atoms with Gasteiger partial charge >= 0.3 is 0 Å². The van der Waals surface area contributed by atoms with Crippen LogP contribution in [0.2, 0.25) is 0 Å². The van der Waals surface area contributed by atoms with Gasteiger partial charge in [-0.2, -0.15) is 0 Å². The highest BCUT2D eigenvalue weighted by atomic mass is 16.3. The molecule has 0 radical (unpaired) electrons. The van der Waals surface area contributed by atoms with Crippen LogP contribution in [0.1, 0.15) is 32.6 Å². The third kappa shape index (κ3) is 0.960. The molecule has 0 aromatic heterocycles. The Morgan fingerprint density at radius 1 is 1.54 bits per heavy atom. The summed E-state index contributed by atoms with van der Waals surface area (Å²) in [5.74, 6) is 1.11. The first kappa shape index (κ1) is 8.01. The summed E-state index contributed by atoms with van der Waals surface area (Å²) in [4.78, 5) is 0. The van der Waals surface area contributed by atoms with E-state index >= 15 is 0 Å². The number of rotatable bonds is 0. The summed E-state index contributed by atoms with van der Waals surface area (Å²) < 4.78 is 0. The average molecular weight is 179 g/mol. The molecule has 4 atom stereocenters. The van der Waals surface area contributed by atoms with E-state index in [4.69, 9.17) is 5.73 Å². The summed E-state index contributed by atoms with van der Waals surface area (Å²) in [6, 6.07) is 0. The smallest absolute Gasteiger partial charge is 0.0752 e. The summed E-state index contributed by atoms with van der Waals surface area (Å²) in [5.41, 5.74) is 7.15. The van der Waals surface area contributed by atoms with Crippen LogP contribution in [0.3, 0.4) is 0 Å². The molecule has 0 saturated heterocycles. The molecule has 0 aromatic carbocycles. The standard InChI is InChI=1S/C11H17NO/c1-10(12)3-7-2-9-8(5-10)6-11(9,13)4-7/h5,7,9,13H,2-4,6,12H2,1H3. The predicted octanol–water partition coefficient (Wildman–Crippen LogP) is 1.19. The van der Waals surface area contributed by atoms with Gasteiger partial charge in [0, 0.05) is 11.5 Å². The quantitative estimate of drug-likeness (QED) is 0.549. The van der Waals surface area contributed by atoms with E-state index < -0.39 is 0 Å². The Kier molecular flexibility index (Phi) is 1.24. The van der Waals surface area contributed by atoms with E-state index in [1.165, 1.54) is 12.0 Å². The molecule has 2 heteroatoms. The summed E-state index contributed by atoms with van der Waals surface area (Å²) in [6.07, 6.45) is 6.32. The zero-order valence-electron chi connectivity index (χ0n) is 8.09. The highest BCUT2D eigenvalue weighted by Gasteiger charge is 2.57. The van der Waals surface area contributed by atoms with Crippen molar-refractivity contribution in [3.05, 3.63) is 11.6 Å². The lowest BCUT2D eigenvalue weighted by Gasteiger charge is -2.45. The van der Waals surface area contributed by atoms with Crippen molar-refractivity contribution in [3.63, 3.8) is 0 Å². The van der Waals surface area contributed by atoms with Crippen LogP contribution in [0.15, 0.2) is 11.6 Å². The average Bonchev–Trinajstić information content (AvgIpc) is 2.11. The number of nitrogens with two attached hydrogens (primary N) is 1. The molecule has 0 amide bonds. The van der Waals surface area contributed by atoms with E-state index in [1.807, 2.05) is 0 Å². The Morgan fingerprint density at radius 3 is 3.08 bits per heavy atom. The van der Waals surface area contributed by atoms with E-state index in [2.05, 4.69) is 13.0 Å². The molecule has 0 aromatic rings. The summed E-state index contributed by atoms with van der Waals surface area (Å²) in [6.45, 7) is 2.11. The SMILES string of the molecule is CC1(N)C=C2CC3(O)CC(CC23)C1. The van der Waals surface area contributed by atoms with Crippen molar-refractivity contribution in [3.8, 4) is 0 Å². The van der Waals surface area contributed by atoms with Crippen LogP contribution in [-0.4, -0.2) is 16.2 Å². The Balaban J connectivity index is 2.02. The fourth-order valence-corrected chi connectivity index (χ4v) is 3.73. The lowest BCUT2D eigenvalue weighted by molar-refractivity contribution is -0.0333. The first-order valence-corrected chi connectivity index (χ1v) is 5.21. The van der Waals surface area contributed by atoms with Crippen molar-refractivity contribution < 1.29 is 5.11 Å². The zero-order valence-corrected chi connectivity index (χ0v) is 8.09. The fourth-order valence-electron chi connectivity index (χ4n) is 3.73. The van der Waals surface area contributed by atoms with Crippen molar-refractivity contribution in [1.29, 1.82) is 0 Å². The number of hydrogen-bond donors (Lipinski definition) is 2. The molecule has 3 aliphatic rings. The van der Waals surface area contributed by atoms with Crippen molar-refractivity contribution in [2.24, 2.45) is 17.6 Å². The Hall–Kier alpha value is -0.340. The first-order chi connectivity index (χ1) is 5.99. The van der Waals surface area contributed by atoms with Gasteiger partial charge in [-0.1, -0.05) is 11.6 Å². The second-order valence-electron chi connectivity index (χ2n) is 5.57. The van der Waals surface area contributed by atoms with Crippen molar-refractivity contribution >= 4 is 0 Å². The summed E-state index contributed by atoms with van der Waals surface area (Å²) in [5, 5.41) is 10.1. The molecular weight excluding hydrogens is 162 g/mol. The zero-order chi connectivity index (χ0) is 9.27. The molecule has 0 spiro atoms. The van der Waals surface area contributed by atoms with Crippen LogP contribution < -0.4 is 5.73 Å². The molecule has 3 rings (SSSR count). The van der Waals surface area contributed by atoms with Crippen LogP contribution in [-0.2, 0) is 0 Å². The van der Waals surface area contributed by atoms with Gasteiger partial charge in [0.05, 0.1) is 5.60 Å². The van der Waals surface area contributed by atoms with Gasteiger partial charge in [-0.15, -0.1) is 0 Å². The summed E-state index contributed by atoms with van der Waals surface area (Å²) >= 11 is 0. The second-order valence-corrected chi connectivity index (χ2v) is 5.57. The minimum absolute atomic E-state index is 0.115. The maximum Gasteiger partial charge on any atom is 0.0752 e. The molecule has 0 heterocycles. The van der Waals surface area contributed by atoms with E-state index in [0.717, 1.165) is 19.3 Å². The van der Waals surface area contributed by atoms with Crippen LogP contribution in [0, 0.1) is 11.8 Å². The molecule has 72 valence electrons. The van der Waals surface area contributed by atoms with Crippen LogP contribution in [0.4, 0.5) is 0 Å². The van der Waals surface area contributed by atoms with Gasteiger partial charge in [-0.05, 0) is 38.5 Å². The monoisotopic (exact) mass is 179 g/mol. The molecule has 2 saturated carbocycles. The molecule has 0 aliphatic heterocycles.